The lowest BCUT2D eigenvalue weighted by atomic mass is 10.1. The third kappa shape index (κ3) is 5.09. The molecule has 25 heavy (non-hydrogen) atoms. The van der Waals surface area contributed by atoms with Crippen LogP contribution in [0.5, 0.6) is 11.5 Å². The predicted octanol–water partition coefficient (Wildman–Crippen LogP) is 3.70. The van der Waals surface area contributed by atoms with E-state index in [1.807, 2.05) is 48.5 Å². The quantitative estimate of drug-likeness (QED) is 0.569. The zero-order valence-corrected chi connectivity index (χ0v) is 15.0. The summed E-state index contributed by atoms with van der Waals surface area (Å²) in [6, 6.07) is 15.4. The van der Waals surface area contributed by atoms with Crippen LogP contribution in [-0.2, 0) is 16.2 Å². The molecule has 0 heterocycles. The fraction of sp³-hybridized carbons (Fsp3) is 0.250. The Kier molecular flexibility index (Phi) is 6.60. The topological polar surface area (TPSA) is 48.0 Å². The van der Waals surface area contributed by atoms with Gasteiger partial charge >= 0.3 is 0 Å². The normalized spacial score (nSPS) is 11.1. The van der Waals surface area contributed by atoms with E-state index in [1.165, 1.54) is 12.2 Å². The predicted molar refractivity (Wildman–Crippen MR) is 97.2 cm³/mol. The van der Waals surface area contributed by atoms with Gasteiger partial charge in [-0.2, -0.15) is 0 Å². The van der Waals surface area contributed by atoms with Crippen molar-refractivity contribution < 1.29 is 19.1 Å². The van der Waals surface area contributed by atoms with Crippen molar-refractivity contribution in [2.75, 3.05) is 21.3 Å². The number of amides is 1. The number of likely N-dealkylation sites (N-methyl/N-ethyl adjacent to an activating group) is 1. The van der Waals surface area contributed by atoms with Gasteiger partial charge in [-0.25, -0.2) is 5.06 Å². The molecular weight excluding hydrogens is 318 g/mol. The van der Waals surface area contributed by atoms with Crippen molar-refractivity contribution in [1.29, 1.82) is 0 Å². The summed E-state index contributed by atoms with van der Waals surface area (Å²) in [5.74, 6) is 1.07. The lowest BCUT2D eigenvalue weighted by Gasteiger charge is -2.14. The smallest absolute Gasteiger partial charge is 0.272 e. The van der Waals surface area contributed by atoms with Crippen LogP contribution in [0, 0.1) is 0 Å². The number of carbonyl (C=O) groups is 1. The maximum Gasteiger partial charge on any atom is 0.272 e. The van der Waals surface area contributed by atoms with E-state index in [0.717, 1.165) is 11.1 Å². The van der Waals surface area contributed by atoms with Crippen LogP contribution in [0.3, 0.4) is 0 Å². The van der Waals surface area contributed by atoms with Crippen LogP contribution in [0.2, 0.25) is 0 Å². The maximum absolute atomic E-state index is 12.1. The molecular formula is C20H23NO4. The van der Waals surface area contributed by atoms with Gasteiger partial charge in [0, 0.05) is 12.6 Å². The summed E-state index contributed by atoms with van der Waals surface area (Å²) in [4.78, 5) is 17.0. The van der Waals surface area contributed by atoms with Crippen molar-refractivity contribution in [1.82, 2.24) is 5.06 Å². The van der Waals surface area contributed by atoms with Gasteiger partial charge in [0.1, 0.15) is 6.61 Å². The molecule has 0 aliphatic carbocycles. The zero-order valence-electron chi connectivity index (χ0n) is 15.0. The molecule has 0 atom stereocenters. The molecule has 0 aliphatic heterocycles. The van der Waals surface area contributed by atoms with Crippen LogP contribution in [-0.4, -0.2) is 32.2 Å². The molecule has 0 spiro atoms. The molecule has 0 bridgehead atoms. The number of rotatable bonds is 7. The average Bonchev–Trinajstić information content (AvgIpc) is 2.66. The summed E-state index contributed by atoms with van der Waals surface area (Å²) in [6.07, 6.45) is 1.78. The minimum atomic E-state index is -0.204. The van der Waals surface area contributed by atoms with Gasteiger partial charge in [-0.1, -0.05) is 36.4 Å². The van der Waals surface area contributed by atoms with E-state index >= 15 is 0 Å². The Morgan fingerprint density at radius 3 is 2.44 bits per heavy atom. The highest BCUT2D eigenvalue weighted by molar-refractivity contribution is 5.96. The number of hydrogen-bond acceptors (Lipinski definition) is 4. The van der Waals surface area contributed by atoms with E-state index in [4.69, 9.17) is 14.3 Å². The van der Waals surface area contributed by atoms with Gasteiger partial charge in [0.25, 0.3) is 5.91 Å². The van der Waals surface area contributed by atoms with Crippen LogP contribution in [0.25, 0.3) is 6.08 Å². The molecule has 0 aromatic heterocycles. The van der Waals surface area contributed by atoms with Gasteiger partial charge in [-0.15, -0.1) is 0 Å². The molecule has 0 radical (unpaired) electrons. The number of carbonyl (C=O) groups excluding carboxylic acids is 1. The highest BCUT2D eigenvalue weighted by Crippen LogP contribution is 2.29. The molecule has 132 valence electrons. The second-order valence-corrected chi connectivity index (χ2v) is 5.50. The van der Waals surface area contributed by atoms with Gasteiger partial charge in [-0.3, -0.25) is 9.63 Å². The molecule has 0 saturated carbocycles. The van der Waals surface area contributed by atoms with Crippen LogP contribution in [0.15, 0.2) is 54.1 Å². The number of hydrogen-bond donors (Lipinski definition) is 0. The zero-order chi connectivity index (χ0) is 18.2. The maximum atomic E-state index is 12.1. The molecule has 2 rings (SSSR count). The number of methoxy groups -OCH3 is 1. The molecule has 2 aromatic carbocycles. The molecule has 5 heteroatoms. The first kappa shape index (κ1) is 18.5. The molecule has 0 aliphatic rings. The van der Waals surface area contributed by atoms with Crippen molar-refractivity contribution in [2.45, 2.75) is 13.5 Å². The number of hydroxylamine groups is 2. The van der Waals surface area contributed by atoms with E-state index in [-0.39, 0.29) is 5.91 Å². The summed E-state index contributed by atoms with van der Waals surface area (Å²) < 4.78 is 11.2. The SMILES string of the molecule is COc1ccc(/C=C(\C)C(=O)N(C)OC)cc1OCc1ccccc1. The van der Waals surface area contributed by atoms with Crippen molar-refractivity contribution in [3.05, 3.63) is 65.2 Å². The van der Waals surface area contributed by atoms with Crippen molar-refractivity contribution in [3.63, 3.8) is 0 Å². The summed E-state index contributed by atoms with van der Waals surface area (Å²) >= 11 is 0. The van der Waals surface area contributed by atoms with E-state index in [0.29, 0.717) is 23.7 Å². The van der Waals surface area contributed by atoms with Crippen LogP contribution in [0.1, 0.15) is 18.1 Å². The van der Waals surface area contributed by atoms with Gasteiger partial charge < -0.3 is 9.47 Å². The van der Waals surface area contributed by atoms with E-state index in [2.05, 4.69) is 0 Å². The highest BCUT2D eigenvalue weighted by atomic mass is 16.7. The largest absolute Gasteiger partial charge is 0.493 e. The third-order valence-electron chi connectivity index (χ3n) is 3.71. The third-order valence-corrected chi connectivity index (χ3v) is 3.71. The second kappa shape index (κ2) is 8.89. The molecule has 0 unspecified atom stereocenters. The summed E-state index contributed by atoms with van der Waals surface area (Å²) in [7, 11) is 4.62. The monoisotopic (exact) mass is 341 g/mol. The molecule has 1 amide bonds. The van der Waals surface area contributed by atoms with E-state index in [9.17, 15) is 4.79 Å². The number of ether oxygens (including phenoxy) is 2. The molecule has 0 fully saturated rings. The highest BCUT2D eigenvalue weighted by Gasteiger charge is 2.11. The average molecular weight is 341 g/mol. The summed E-state index contributed by atoms with van der Waals surface area (Å²) in [5, 5.41) is 1.18. The minimum absolute atomic E-state index is 0.204. The minimum Gasteiger partial charge on any atom is -0.493 e. The molecule has 0 N–H and O–H groups in total. The first-order valence-electron chi connectivity index (χ1n) is 7.90. The molecule has 0 saturated heterocycles. The van der Waals surface area contributed by atoms with Gasteiger partial charge in [0.2, 0.25) is 0 Å². The Morgan fingerprint density at radius 2 is 1.80 bits per heavy atom. The second-order valence-electron chi connectivity index (χ2n) is 5.50. The van der Waals surface area contributed by atoms with Crippen LogP contribution >= 0.6 is 0 Å². The van der Waals surface area contributed by atoms with Crippen LogP contribution in [0.4, 0.5) is 0 Å². The van der Waals surface area contributed by atoms with Crippen molar-refractivity contribution in [2.24, 2.45) is 0 Å². The van der Waals surface area contributed by atoms with E-state index < -0.39 is 0 Å². The van der Waals surface area contributed by atoms with Gasteiger partial charge in [0.05, 0.1) is 14.2 Å². The fourth-order valence-electron chi connectivity index (χ4n) is 2.27. The van der Waals surface area contributed by atoms with Gasteiger partial charge in [-0.05, 0) is 36.3 Å². The molecule has 5 nitrogen and oxygen atoms in total. The lowest BCUT2D eigenvalue weighted by Crippen LogP contribution is -2.25. The summed E-state index contributed by atoms with van der Waals surface area (Å²) in [5.41, 5.74) is 2.47. The lowest BCUT2D eigenvalue weighted by molar-refractivity contribution is -0.163. The van der Waals surface area contributed by atoms with Crippen LogP contribution < -0.4 is 9.47 Å². The molecule has 2 aromatic rings. The summed E-state index contributed by atoms with van der Waals surface area (Å²) in [6.45, 7) is 2.18. The fourth-order valence-corrected chi connectivity index (χ4v) is 2.27. The van der Waals surface area contributed by atoms with E-state index in [1.54, 1.807) is 27.2 Å². The number of benzene rings is 2. The number of nitrogens with zero attached hydrogens (tertiary/aromatic N) is 1. The Balaban J connectivity index is 2.20. The Labute approximate surface area is 148 Å². The first-order chi connectivity index (χ1) is 12.0. The first-order valence-corrected chi connectivity index (χ1v) is 7.90. The Hall–Kier alpha value is -2.79. The Bertz CT molecular complexity index is 741. The standard InChI is InChI=1S/C20H23NO4/c1-15(20(22)21(2)24-4)12-17-10-11-18(23-3)19(13-17)25-14-16-8-6-5-7-9-16/h5-13H,14H2,1-4H3/b15-12+. The Morgan fingerprint density at radius 1 is 1.08 bits per heavy atom. The van der Waals surface area contributed by atoms with Crippen molar-refractivity contribution >= 4 is 12.0 Å². The van der Waals surface area contributed by atoms with Crippen molar-refractivity contribution in [3.8, 4) is 11.5 Å². The van der Waals surface area contributed by atoms with Gasteiger partial charge in [0.15, 0.2) is 11.5 Å².